The van der Waals surface area contributed by atoms with Gasteiger partial charge in [0.1, 0.15) is 11.9 Å². The Bertz CT molecular complexity index is 687. The number of para-hydroxylation sites is 1. The molecule has 3 rings (SSSR count). The van der Waals surface area contributed by atoms with E-state index in [1.807, 2.05) is 37.3 Å². The van der Waals surface area contributed by atoms with Crippen molar-refractivity contribution in [3.8, 4) is 6.07 Å². The number of nitriles is 1. The Morgan fingerprint density at radius 1 is 1.30 bits per heavy atom. The van der Waals surface area contributed by atoms with Gasteiger partial charge in [0.2, 0.25) is 5.82 Å². The van der Waals surface area contributed by atoms with E-state index in [0.717, 1.165) is 47.8 Å². The predicted octanol–water partition coefficient (Wildman–Crippen LogP) is 2.05. The van der Waals surface area contributed by atoms with Gasteiger partial charge in [-0.1, -0.05) is 18.2 Å². The molecule has 0 bridgehead atoms. The molecular weight excluding hydrogens is 250 g/mol. The number of benzene rings is 1. The lowest BCUT2D eigenvalue weighted by Gasteiger charge is -2.20. The van der Waals surface area contributed by atoms with Gasteiger partial charge in [0, 0.05) is 30.8 Å². The number of fused-ring (bicyclic) bond motifs is 1. The van der Waals surface area contributed by atoms with E-state index >= 15 is 0 Å². The Labute approximate surface area is 117 Å². The first kappa shape index (κ1) is 12.6. The highest BCUT2D eigenvalue weighted by molar-refractivity contribution is 5.63. The summed E-state index contributed by atoms with van der Waals surface area (Å²) in [6.45, 7) is 3.66. The van der Waals surface area contributed by atoms with Crippen LogP contribution in [-0.2, 0) is 13.0 Å². The standard InChI is InChI=1S/C15H15N5/c1-10-4-2-3-5-12(10)19-15-11-9-17-7-6-13(11)18-14(8-16)20-15/h2-5,17H,6-7,9H2,1H3,(H,18,19,20). The number of aromatic nitrogens is 2. The number of rotatable bonds is 2. The quantitative estimate of drug-likeness (QED) is 0.869. The maximum absolute atomic E-state index is 9.07. The summed E-state index contributed by atoms with van der Waals surface area (Å²) in [5.41, 5.74) is 4.16. The first-order valence-electron chi connectivity index (χ1n) is 6.61. The van der Waals surface area contributed by atoms with Gasteiger partial charge in [0.15, 0.2) is 0 Å². The Morgan fingerprint density at radius 2 is 2.15 bits per heavy atom. The largest absolute Gasteiger partial charge is 0.340 e. The van der Waals surface area contributed by atoms with Crippen molar-refractivity contribution in [1.82, 2.24) is 15.3 Å². The lowest BCUT2D eigenvalue weighted by Crippen LogP contribution is -2.26. The second kappa shape index (κ2) is 5.27. The fourth-order valence-corrected chi connectivity index (χ4v) is 2.34. The third-order valence-corrected chi connectivity index (χ3v) is 3.43. The van der Waals surface area contributed by atoms with Gasteiger partial charge in [-0.05, 0) is 18.6 Å². The maximum atomic E-state index is 9.07. The molecule has 0 aliphatic carbocycles. The van der Waals surface area contributed by atoms with E-state index in [-0.39, 0.29) is 5.82 Å². The molecule has 20 heavy (non-hydrogen) atoms. The van der Waals surface area contributed by atoms with E-state index in [1.165, 1.54) is 0 Å². The van der Waals surface area contributed by atoms with E-state index in [4.69, 9.17) is 5.26 Å². The van der Waals surface area contributed by atoms with Crippen LogP contribution in [0.15, 0.2) is 24.3 Å². The van der Waals surface area contributed by atoms with Gasteiger partial charge in [0.05, 0.1) is 5.69 Å². The van der Waals surface area contributed by atoms with Crippen LogP contribution < -0.4 is 10.6 Å². The van der Waals surface area contributed by atoms with Crippen molar-refractivity contribution >= 4 is 11.5 Å². The SMILES string of the molecule is Cc1ccccc1Nc1nc(C#N)nc2c1CNCC2. The second-order valence-corrected chi connectivity index (χ2v) is 4.80. The van der Waals surface area contributed by atoms with Crippen molar-refractivity contribution < 1.29 is 0 Å². The molecule has 0 atom stereocenters. The molecule has 5 nitrogen and oxygen atoms in total. The van der Waals surface area contributed by atoms with Crippen LogP contribution in [0.1, 0.15) is 22.6 Å². The first-order valence-corrected chi connectivity index (χ1v) is 6.61. The zero-order valence-corrected chi connectivity index (χ0v) is 11.3. The van der Waals surface area contributed by atoms with E-state index in [1.54, 1.807) is 0 Å². The maximum Gasteiger partial charge on any atom is 0.234 e. The fraction of sp³-hybridized carbons (Fsp3) is 0.267. The van der Waals surface area contributed by atoms with Crippen LogP contribution in [0, 0.1) is 18.3 Å². The van der Waals surface area contributed by atoms with E-state index < -0.39 is 0 Å². The summed E-state index contributed by atoms with van der Waals surface area (Å²) in [4.78, 5) is 8.62. The molecule has 0 saturated carbocycles. The van der Waals surface area contributed by atoms with E-state index in [9.17, 15) is 0 Å². The highest BCUT2D eigenvalue weighted by Gasteiger charge is 2.17. The van der Waals surface area contributed by atoms with Crippen molar-refractivity contribution in [3.63, 3.8) is 0 Å². The Kier molecular flexibility index (Phi) is 3.32. The number of anilines is 2. The zero-order chi connectivity index (χ0) is 13.9. The minimum atomic E-state index is 0.224. The molecule has 1 aliphatic heterocycles. The van der Waals surface area contributed by atoms with Gasteiger partial charge < -0.3 is 10.6 Å². The van der Waals surface area contributed by atoms with Gasteiger partial charge in [-0.25, -0.2) is 9.97 Å². The Morgan fingerprint density at radius 3 is 2.95 bits per heavy atom. The predicted molar refractivity (Wildman–Crippen MR) is 76.6 cm³/mol. The molecule has 100 valence electrons. The van der Waals surface area contributed by atoms with Crippen LogP contribution in [0.3, 0.4) is 0 Å². The number of hydrogen-bond acceptors (Lipinski definition) is 5. The monoisotopic (exact) mass is 265 g/mol. The summed E-state index contributed by atoms with van der Waals surface area (Å²) in [7, 11) is 0. The molecule has 0 radical (unpaired) electrons. The Balaban J connectivity index is 2.04. The molecule has 2 aromatic rings. The molecule has 1 aliphatic rings. The van der Waals surface area contributed by atoms with Crippen molar-refractivity contribution in [2.75, 3.05) is 11.9 Å². The van der Waals surface area contributed by atoms with Crippen LogP contribution in [0.25, 0.3) is 0 Å². The van der Waals surface area contributed by atoms with Gasteiger partial charge in [-0.3, -0.25) is 0 Å². The average molecular weight is 265 g/mol. The van der Waals surface area contributed by atoms with Gasteiger partial charge >= 0.3 is 0 Å². The molecular formula is C15H15N5. The minimum Gasteiger partial charge on any atom is -0.340 e. The fourth-order valence-electron chi connectivity index (χ4n) is 2.34. The van der Waals surface area contributed by atoms with E-state index in [0.29, 0.717) is 0 Å². The summed E-state index contributed by atoms with van der Waals surface area (Å²) < 4.78 is 0. The number of hydrogen-bond donors (Lipinski definition) is 2. The highest BCUT2D eigenvalue weighted by atomic mass is 15.1. The number of aryl methyl sites for hydroxylation is 1. The summed E-state index contributed by atoms with van der Waals surface area (Å²) in [5, 5.41) is 15.7. The third-order valence-electron chi connectivity index (χ3n) is 3.43. The summed E-state index contributed by atoms with van der Waals surface area (Å²) in [6.07, 6.45) is 0.828. The smallest absolute Gasteiger partial charge is 0.234 e. The second-order valence-electron chi connectivity index (χ2n) is 4.80. The first-order chi connectivity index (χ1) is 9.78. The number of nitrogens with zero attached hydrogens (tertiary/aromatic N) is 3. The van der Waals surface area contributed by atoms with Crippen molar-refractivity contribution in [2.24, 2.45) is 0 Å². The van der Waals surface area contributed by atoms with E-state index in [2.05, 4.69) is 20.6 Å². The van der Waals surface area contributed by atoms with Crippen LogP contribution >= 0.6 is 0 Å². The highest BCUT2D eigenvalue weighted by Crippen LogP contribution is 2.25. The Hall–Kier alpha value is -2.45. The number of nitrogens with one attached hydrogen (secondary N) is 2. The topological polar surface area (TPSA) is 73.6 Å². The molecule has 0 fully saturated rings. The molecule has 0 unspecified atom stereocenters. The van der Waals surface area contributed by atoms with Gasteiger partial charge in [-0.15, -0.1) is 0 Å². The summed E-state index contributed by atoms with van der Waals surface area (Å²) in [5.74, 6) is 0.954. The average Bonchev–Trinajstić information content (AvgIpc) is 2.49. The molecule has 2 heterocycles. The molecule has 2 N–H and O–H groups in total. The van der Waals surface area contributed by atoms with Crippen molar-refractivity contribution in [3.05, 3.63) is 46.9 Å². The van der Waals surface area contributed by atoms with Crippen LogP contribution in [-0.4, -0.2) is 16.5 Å². The normalized spacial score (nSPS) is 13.4. The zero-order valence-electron chi connectivity index (χ0n) is 11.3. The van der Waals surface area contributed by atoms with Gasteiger partial charge in [-0.2, -0.15) is 5.26 Å². The molecule has 1 aromatic heterocycles. The molecule has 0 saturated heterocycles. The molecule has 0 spiro atoms. The van der Waals surface area contributed by atoms with Crippen LogP contribution in [0.4, 0.5) is 11.5 Å². The van der Waals surface area contributed by atoms with Crippen LogP contribution in [0.5, 0.6) is 0 Å². The van der Waals surface area contributed by atoms with Gasteiger partial charge in [0.25, 0.3) is 0 Å². The summed E-state index contributed by atoms with van der Waals surface area (Å²) >= 11 is 0. The third kappa shape index (κ3) is 2.33. The minimum absolute atomic E-state index is 0.224. The summed E-state index contributed by atoms with van der Waals surface area (Å²) in [6, 6.07) is 10.1. The molecule has 5 heteroatoms. The molecule has 0 amide bonds. The molecule has 1 aromatic carbocycles. The van der Waals surface area contributed by atoms with Crippen molar-refractivity contribution in [1.29, 1.82) is 5.26 Å². The van der Waals surface area contributed by atoms with Crippen molar-refractivity contribution in [2.45, 2.75) is 19.9 Å². The lowest BCUT2D eigenvalue weighted by atomic mass is 10.1. The lowest BCUT2D eigenvalue weighted by molar-refractivity contribution is 0.626. The van der Waals surface area contributed by atoms with Crippen LogP contribution in [0.2, 0.25) is 0 Å².